The largest absolute Gasteiger partial charge is 0.379 e. The summed E-state index contributed by atoms with van der Waals surface area (Å²) >= 11 is 3.02. The molecule has 0 aromatic carbocycles. The Hall–Kier alpha value is -1.74. The van der Waals surface area contributed by atoms with Crippen LogP contribution in [0.4, 0.5) is 10.3 Å². The van der Waals surface area contributed by atoms with Gasteiger partial charge in [0.25, 0.3) is 0 Å². The molecule has 6 nitrogen and oxygen atoms in total. The fourth-order valence-electron chi connectivity index (χ4n) is 3.03. The van der Waals surface area contributed by atoms with Crippen molar-refractivity contribution in [1.82, 2.24) is 14.3 Å². The molecule has 1 fully saturated rings. The topological polar surface area (TPSA) is 80.3 Å². The van der Waals surface area contributed by atoms with Crippen LogP contribution in [0, 0.1) is 11.7 Å². The second kappa shape index (κ2) is 5.17. The standard InChI is InChI=1S/C13H13FN6S2/c14-9-3-16-12(17-4-9)20-5-8-6-21-11(15)19-13(8,7-20)10-1-2-18-22-10/h1-4,8H,5-7H2,(H2,15,19)/t8-,13?/m0/s1. The minimum atomic E-state index is -0.435. The molecule has 0 aliphatic carbocycles. The molecule has 2 aromatic heterocycles. The SMILES string of the molecule is NC1=NC2(c3ccns3)CN(c3ncc(F)cn3)C[C@H]2CS1. The highest BCUT2D eigenvalue weighted by Crippen LogP contribution is 2.46. The molecule has 1 unspecified atom stereocenters. The first-order valence-electron chi connectivity index (χ1n) is 6.79. The Morgan fingerprint density at radius 2 is 2.18 bits per heavy atom. The van der Waals surface area contributed by atoms with E-state index in [-0.39, 0.29) is 0 Å². The molecule has 0 amide bonds. The minimum absolute atomic E-state index is 0.305. The van der Waals surface area contributed by atoms with E-state index in [1.165, 1.54) is 23.9 Å². The van der Waals surface area contributed by atoms with Crippen LogP contribution in [0.2, 0.25) is 0 Å². The van der Waals surface area contributed by atoms with E-state index >= 15 is 0 Å². The molecule has 9 heteroatoms. The third kappa shape index (κ3) is 2.15. The molecule has 22 heavy (non-hydrogen) atoms. The van der Waals surface area contributed by atoms with Crippen LogP contribution in [0.15, 0.2) is 29.6 Å². The van der Waals surface area contributed by atoms with Gasteiger partial charge in [-0.2, -0.15) is 0 Å². The smallest absolute Gasteiger partial charge is 0.225 e. The Morgan fingerprint density at radius 1 is 1.36 bits per heavy atom. The van der Waals surface area contributed by atoms with Crippen molar-refractivity contribution in [3.05, 3.63) is 35.4 Å². The number of aliphatic imine (C=N–C) groups is 1. The molecule has 0 saturated carbocycles. The van der Waals surface area contributed by atoms with E-state index in [1.807, 2.05) is 11.0 Å². The number of nitrogens with two attached hydrogens (primary N) is 1. The fourth-order valence-corrected chi connectivity index (χ4v) is 4.80. The summed E-state index contributed by atoms with van der Waals surface area (Å²) in [5.41, 5.74) is 5.59. The molecule has 0 bridgehead atoms. The van der Waals surface area contributed by atoms with Crippen LogP contribution >= 0.6 is 23.3 Å². The maximum absolute atomic E-state index is 13.0. The van der Waals surface area contributed by atoms with E-state index in [4.69, 9.17) is 10.7 Å². The van der Waals surface area contributed by atoms with Gasteiger partial charge in [-0.3, -0.25) is 0 Å². The predicted octanol–water partition coefficient (Wildman–Crippen LogP) is 1.47. The van der Waals surface area contributed by atoms with Gasteiger partial charge in [0.15, 0.2) is 11.0 Å². The molecule has 2 aliphatic rings. The lowest BCUT2D eigenvalue weighted by atomic mass is 9.87. The molecular weight excluding hydrogens is 323 g/mol. The highest BCUT2D eigenvalue weighted by atomic mass is 32.2. The van der Waals surface area contributed by atoms with Crippen LogP contribution in [0.25, 0.3) is 0 Å². The summed E-state index contributed by atoms with van der Waals surface area (Å²) in [6, 6.07) is 2.00. The van der Waals surface area contributed by atoms with Crippen molar-refractivity contribution in [2.75, 3.05) is 23.7 Å². The van der Waals surface area contributed by atoms with Gasteiger partial charge in [0, 0.05) is 24.4 Å². The van der Waals surface area contributed by atoms with Crippen molar-refractivity contribution in [2.45, 2.75) is 5.54 Å². The van der Waals surface area contributed by atoms with Crippen LogP contribution in [-0.4, -0.2) is 38.4 Å². The summed E-state index contributed by atoms with van der Waals surface area (Å²) in [6.07, 6.45) is 4.17. The van der Waals surface area contributed by atoms with Gasteiger partial charge in [-0.05, 0) is 17.6 Å². The van der Waals surface area contributed by atoms with Gasteiger partial charge in [0.1, 0.15) is 5.54 Å². The monoisotopic (exact) mass is 336 g/mol. The predicted molar refractivity (Wildman–Crippen MR) is 85.6 cm³/mol. The third-order valence-electron chi connectivity index (χ3n) is 4.04. The number of aromatic nitrogens is 3. The molecule has 114 valence electrons. The third-order valence-corrected chi connectivity index (χ3v) is 5.91. The molecule has 2 N–H and O–H groups in total. The average molecular weight is 336 g/mol. The highest BCUT2D eigenvalue weighted by molar-refractivity contribution is 8.13. The van der Waals surface area contributed by atoms with Crippen LogP contribution in [0.5, 0.6) is 0 Å². The van der Waals surface area contributed by atoms with Crippen molar-refractivity contribution in [2.24, 2.45) is 16.6 Å². The minimum Gasteiger partial charge on any atom is -0.379 e. The van der Waals surface area contributed by atoms with Crippen molar-refractivity contribution >= 4 is 34.4 Å². The normalized spacial score (nSPS) is 27.6. The molecule has 4 heterocycles. The molecule has 0 radical (unpaired) electrons. The number of amidine groups is 1. The first-order valence-corrected chi connectivity index (χ1v) is 8.55. The second-order valence-electron chi connectivity index (χ2n) is 5.34. The van der Waals surface area contributed by atoms with Crippen molar-refractivity contribution in [1.29, 1.82) is 0 Å². The maximum atomic E-state index is 13.0. The van der Waals surface area contributed by atoms with E-state index < -0.39 is 11.4 Å². The fraction of sp³-hybridized carbons (Fsp3) is 0.385. The van der Waals surface area contributed by atoms with E-state index in [0.717, 1.165) is 17.2 Å². The van der Waals surface area contributed by atoms with Gasteiger partial charge in [-0.15, -0.1) is 0 Å². The van der Waals surface area contributed by atoms with Crippen LogP contribution in [-0.2, 0) is 5.54 Å². The van der Waals surface area contributed by atoms with Crippen LogP contribution < -0.4 is 10.6 Å². The molecule has 4 rings (SSSR count). The van der Waals surface area contributed by atoms with Gasteiger partial charge in [0.2, 0.25) is 5.95 Å². The number of halogens is 1. The molecular formula is C13H13FN6S2. The Morgan fingerprint density at radius 3 is 2.91 bits per heavy atom. The molecule has 2 aromatic rings. The number of rotatable bonds is 2. The summed E-state index contributed by atoms with van der Waals surface area (Å²) in [5, 5.41) is 0.603. The summed E-state index contributed by atoms with van der Waals surface area (Å²) in [5.74, 6) is 1.29. The van der Waals surface area contributed by atoms with Crippen LogP contribution in [0.3, 0.4) is 0 Å². The molecule has 0 spiro atoms. The lowest BCUT2D eigenvalue weighted by Crippen LogP contribution is -2.39. The summed E-state index contributed by atoms with van der Waals surface area (Å²) in [4.78, 5) is 16.1. The van der Waals surface area contributed by atoms with Crippen LogP contribution in [0.1, 0.15) is 4.88 Å². The Kier molecular flexibility index (Phi) is 3.26. The quantitative estimate of drug-likeness (QED) is 0.894. The highest BCUT2D eigenvalue weighted by Gasteiger charge is 2.51. The van der Waals surface area contributed by atoms with Crippen molar-refractivity contribution in [3.63, 3.8) is 0 Å². The van der Waals surface area contributed by atoms with Gasteiger partial charge in [0.05, 0.1) is 23.8 Å². The van der Waals surface area contributed by atoms with Gasteiger partial charge >= 0.3 is 0 Å². The number of anilines is 1. The zero-order chi connectivity index (χ0) is 15.2. The Bertz CT molecular complexity index is 704. The average Bonchev–Trinajstić information content (AvgIpc) is 3.15. The first-order chi connectivity index (χ1) is 10.7. The Labute approximate surface area is 134 Å². The van der Waals surface area contributed by atoms with Crippen molar-refractivity contribution < 1.29 is 4.39 Å². The number of hydrogen-bond acceptors (Lipinski definition) is 8. The van der Waals surface area contributed by atoms with Gasteiger partial charge in [-0.1, -0.05) is 11.8 Å². The number of hydrogen-bond donors (Lipinski definition) is 1. The zero-order valence-corrected chi connectivity index (χ0v) is 13.1. The first kappa shape index (κ1) is 13.9. The molecule has 2 atom stereocenters. The van der Waals surface area contributed by atoms with Gasteiger partial charge < -0.3 is 10.6 Å². The summed E-state index contributed by atoms with van der Waals surface area (Å²) in [7, 11) is 0. The maximum Gasteiger partial charge on any atom is 0.225 e. The second-order valence-corrected chi connectivity index (χ2v) is 7.21. The van der Waals surface area contributed by atoms with E-state index in [2.05, 4.69) is 14.3 Å². The lowest BCUT2D eigenvalue weighted by molar-refractivity contribution is 0.395. The van der Waals surface area contributed by atoms with E-state index in [0.29, 0.717) is 23.6 Å². The number of thioether (sulfide) groups is 1. The summed E-state index contributed by atoms with van der Waals surface area (Å²) < 4.78 is 17.2. The van der Waals surface area contributed by atoms with E-state index in [1.54, 1.807) is 18.0 Å². The molecule has 2 aliphatic heterocycles. The van der Waals surface area contributed by atoms with Gasteiger partial charge in [-0.25, -0.2) is 23.7 Å². The number of fused-ring (bicyclic) bond motifs is 1. The zero-order valence-electron chi connectivity index (χ0n) is 11.5. The lowest BCUT2D eigenvalue weighted by Gasteiger charge is -2.32. The van der Waals surface area contributed by atoms with Crippen molar-refractivity contribution in [3.8, 4) is 0 Å². The molecule has 1 saturated heterocycles. The Balaban J connectivity index is 1.73. The summed E-state index contributed by atoms with van der Waals surface area (Å²) in [6.45, 7) is 1.40. The number of nitrogens with zero attached hydrogens (tertiary/aromatic N) is 5. The van der Waals surface area contributed by atoms with E-state index in [9.17, 15) is 4.39 Å².